The summed E-state index contributed by atoms with van der Waals surface area (Å²) >= 11 is 0. The maximum atomic E-state index is 12.4. The third-order valence-electron chi connectivity index (χ3n) is 4.48. The minimum atomic E-state index is -0.492. The molecular formula is C23H21N3O5. The zero-order valence-corrected chi connectivity index (χ0v) is 17.0. The van der Waals surface area contributed by atoms with Crippen LogP contribution in [-0.2, 0) is 0 Å². The molecule has 3 aromatic carbocycles. The van der Waals surface area contributed by atoms with Crippen molar-refractivity contribution < 1.29 is 19.2 Å². The lowest BCUT2D eigenvalue weighted by atomic mass is 10.1. The summed E-state index contributed by atoms with van der Waals surface area (Å²) in [5.41, 5.74) is 2.23. The summed E-state index contributed by atoms with van der Waals surface area (Å²) in [6.07, 6.45) is 0. The molecule has 0 radical (unpaired) electrons. The maximum absolute atomic E-state index is 12.4. The normalized spacial score (nSPS) is 10.3. The number of anilines is 2. The van der Waals surface area contributed by atoms with Gasteiger partial charge < -0.3 is 15.4 Å². The molecule has 8 heteroatoms. The van der Waals surface area contributed by atoms with E-state index in [4.69, 9.17) is 4.74 Å². The van der Waals surface area contributed by atoms with Gasteiger partial charge in [0, 0.05) is 34.1 Å². The second kappa shape index (κ2) is 9.53. The Morgan fingerprint density at radius 3 is 1.90 bits per heavy atom. The highest BCUT2D eigenvalue weighted by molar-refractivity contribution is 6.06. The third-order valence-corrected chi connectivity index (χ3v) is 4.48. The Morgan fingerprint density at radius 2 is 1.39 bits per heavy atom. The van der Waals surface area contributed by atoms with Gasteiger partial charge in [0.2, 0.25) is 0 Å². The molecule has 0 saturated carbocycles. The summed E-state index contributed by atoms with van der Waals surface area (Å²) in [5.74, 6) is 0.0430. The van der Waals surface area contributed by atoms with Crippen molar-refractivity contribution in [1.82, 2.24) is 0 Å². The van der Waals surface area contributed by atoms with Crippen molar-refractivity contribution in [3.05, 3.63) is 93.5 Å². The van der Waals surface area contributed by atoms with Gasteiger partial charge in [-0.1, -0.05) is 0 Å². The number of carbonyl (C=O) groups is 2. The van der Waals surface area contributed by atoms with Crippen molar-refractivity contribution in [2.24, 2.45) is 0 Å². The van der Waals surface area contributed by atoms with Crippen LogP contribution in [0.2, 0.25) is 0 Å². The lowest BCUT2D eigenvalue weighted by Gasteiger charge is -2.09. The van der Waals surface area contributed by atoms with Gasteiger partial charge in [-0.3, -0.25) is 19.7 Å². The molecule has 0 saturated heterocycles. The van der Waals surface area contributed by atoms with Crippen molar-refractivity contribution in [1.29, 1.82) is 0 Å². The number of ether oxygens (including phenoxy) is 1. The van der Waals surface area contributed by atoms with Crippen LogP contribution in [0.4, 0.5) is 17.1 Å². The molecule has 2 N–H and O–H groups in total. The summed E-state index contributed by atoms with van der Waals surface area (Å²) in [6.45, 7) is 4.04. The number of benzene rings is 3. The van der Waals surface area contributed by atoms with E-state index >= 15 is 0 Å². The van der Waals surface area contributed by atoms with E-state index in [0.29, 0.717) is 34.7 Å². The Hall–Kier alpha value is -4.20. The van der Waals surface area contributed by atoms with E-state index in [0.717, 1.165) is 5.75 Å². The van der Waals surface area contributed by atoms with Gasteiger partial charge >= 0.3 is 0 Å². The van der Waals surface area contributed by atoms with E-state index in [1.165, 1.54) is 18.2 Å². The molecule has 3 rings (SSSR count). The van der Waals surface area contributed by atoms with Gasteiger partial charge in [-0.25, -0.2) is 0 Å². The van der Waals surface area contributed by atoms with E-state index in [9.17, 15) is 19.7 Å². The van der Waals surface area contributed by atoms with Gasteiger partial charge in [-0.2, -0.15) is 0 Å². The first-order valence-electron chi connectivity index (χ1n) is 9.58. The molecule has 0 spiro atoms. The topological polar surface area (TPSA) is 111 Å². The van der Waals surface area contributed by atoms with Crippen molar-refractivity contribution >= 4 is 28.9 Å². The molecule has 0 unspecified atom stereocenters. The second-order valence-electron chi connectivity index (χ2n) is 6.70. The Kier molecular flexibility index (Phi) is 6.61. The quantitative estimate of drug-likeness (QED) is 0.422. The SMILES string of the molecule is CCOc1ccc(NC(=O)c2ccc(NC(=O)c3ccc([N+](=O)[O-])c(C)c3)cc2)cc1. The van der Waals surface area contributed by atoms with Crippen LogP contribution in [0.15, 0.2) is 66.7 Å². The molecule has 2 amide bonds. The van der Waals surface area contributed by atoms with E-state index < -0.39 is 10.8 Å². The Balaban J connectivity index is 1.63. The fraction of sp³-hybridized carbons (Fsp3) is 0.130. The first-order chi connectivity index (χ1) is 14.9. The number of hydrogen-bond donors (Lipinski definition) is 2. The Labute approximate surface area is 179 Å². The molecule has 0 heterocycles. The zero-order valence-electron chi connectivity index (χ0n) is 17.0. The summed E-state index contributed by atoms with van der Waals surface area (Å²) in [4.78, 5) is 35.2. The Morgan fingerprint density at radius 1 is 0.871 bits per heavy atom. The minimum absolute atomic E-state index is 0.0422. The van der Waals surface area contributed by atoms with Gasteiger partial charge in [0.15, 0.2) is 0 Å². The predicted octanol–water partition coefficient (Wildman–Crippen LogP) is 4.81. The highest BCUT2D eigenvalue weighted by Crippen LogP contribution is 2.20. The van der Waals surface area contributed by atoms with Crippen LogP contribution < -0.4 is 15.4 Å². The van der Waals surface area contributed by atoms with Gasteiger partial charge in [-0.15, -0.1) is 0 Å². The fourth-order valence-corrected chi connectivity index (χ4v) is 2.91. The summed E-state index contributed by atoms with van der Waals surface area (Å²) in [6, 6.07) is 17.7. The van der Waals surface area contributed by atoms with Crippen molar-refractivity contribution in [3.63, 3.8) is 0 Å². The number of nitro benzene ring substituents is 1. The van der Waals surface area contributed by atoms with Gasteiger partial charge in [0.25, 0.3) is 17.5 Å². The third kappa shape index (κ3) is 5.45. The minimum Gasteiger partial charge on any atom is -0.494 e. The molecule has 8 nitrogen and oxygen atoms in total. The van der Waals surface area contributed by atoms with Crippen LogP contribution in [0.3, 0.4) is 0 Å². The lowest BCUT2D eigenvalue weighted by Crippen LogP contribution is -2.14. The van der Waals surface area contributed by atoms with Gasteiger partial charge in [-0.05, 0) is 74.5 Å². The van der Waals surface area contributed by atoms with Crippen LogP contribution in [-0.4, -0.2) is 23.3 Å². The molecule has 0 aliphatic heterocycles. The number of hydrogen-bond acceptors (Lipinski definition) is 5. The molecule has 0 fully saturated rings. The highest BCUT2D eigenvalue weighted by atomic mass is 16.6. The molecule has 0 bridgehead atoms. The van der Waals surface area contributed by atoms with Crippen molar-refractivity contribution in [2.45, 2.75) is 13.8 Å². The van der Waals surface area contributed by atoms with E-state index in [-0.39, 0.29) is 11.6 Å². The molecule has 31 heavy (non-hydrogen) atoms. The highest BCUT2D eigenvalue weighted by Gasteiger charge is 2.14. The smallest absolute Gasteiger partial charge is 0.272 e. The summed E-state index contributed by atoms with van der Waals surface area (Å²) in [5, 5.41) is 16.4. The predicted molar refractivity (Wildman–Crippen MR) is 118 cm³/mol. The molecule has 0 atom stereocenters. The van der Waals surface area contributed by atoms with E-state index in [2.05, 4.69) is 10.6 Å². The molecule has 0 aromatic heterocycles. The number of nitrogens with one attached hydrogen (secondary N) is 2. The van der Waals surface area contributed by atoms with Crippen molar-refractivity contribution in [3.8, 4) is 5.75 Å². The lowest BCUT2D eigenvalue weighted by molar-refractivity contribution is -0.385. The van der Waals surface area contributed by atoms with E-state index in [1.54, 1.807) is 55.5 Å². The van der Waals surface area contributed by atoms with E-state index in [1.807, 2.05) is 6.92 Å². The maximum Gasteiger partial charge on any atom is 0.272 e. The average molecular weight is 419 g/mol. The zero-order chi connectivity index (χ0) is 22.4. The van der Waals surface area contributed by atoms with Crippen LogP contribution in [0.25, 0.3) is 0 Å². The first-order valence-corrected chi connectivity index (χ1v) is 9.58. The van der Waals surface area contributed by atoms with Gasteiger partial charge in [0.05, 0.1) is 11.5 Å². The second-order valence-corrected chi connectivity index (χ2v) is 6.70. The standard InChI is InChI=1S/C23H21N3O5/c1-3-31-20-11-9-19(10-12-20)24-22(27)16-4-7-18(8-5-16)25-23(28)17-6-13-21(26(29)30)15(2)14-17/h4-14H,3H2,1-2H3,(H,24,27)(H,25,28). The molecule has 158 valence electrons. The number of rotatable bonds is 7. The number of amides is 2. The Bertz CT molecular complexity index is 1110. The number of nitrogens with zero attached hydrogens (tertiary/aromatic N) is 1. The van der Waals surface area contributed by atoms with Crippen LogP contribution in [0.5, 0.6) is 5.75 Å². The molecule has 0 aliphatic rings. The molecule has 3 aromatic rings. The summed E-state index contributed by atoms with van der Waals surface area (Å²) < 4.78 is 5.37. The first kappa shape index (κ1) is 21.5. The largest absolute Gasteiger partial charge is 0.494 e. The van der Waals surface area contributed by atoms with Crippen LogP contribution >= 0.6 is 0 Å². The number of carbonyl (C=O) groups excluding carboxylic acids is 2. The monoisotopic (exact) mass is 419 g/mol. The fourth-order valence-electron chi connectivity index (χ4n) is 2.91. The molecule has 0 aliphatic carbocycles. The van der Waals surface area contributed by atoms with Crippen LogP contribution in [0.1, 0.15) is 33.2 Å². The number of nitro groups is 1. The average Bonchev–Trinajstić information content (AvgIpc) is 2.75. The van der Waals surface area contributed by atoms with Crippen LogP contribution in [0, 0.1) is 17.0 Å². The van der Waals surface area contributed by atoms with Gasteiger partial charge in [0.1, 0.15) is 5.75 Å². The number of aryl methyl sites for hydroxylation is 1. The summed E-state index contributed by atoms with van der Waals surface area (Å²) in [7, 11) is 0. The van der Waals surface area contributed by atoms with Crippen molar-refractivity contribution in [2.75, 3.05) is 17.2 Å². The molecular weight excluding hydrogens is 398 g/mol.